The second-order valence-corrected chi connectivity index (χ2v) is 3.75. The minimum absolute atomic E-state index is 0.342. The molecule has 2 heteroatoms. The van der Waals surface area contributed by atoms with Gasteiger partial charge in [0.1, 0.15) is 11.5 Å². The van der Waals surface area contributed by atoms with E-state index in [0.717, 1.165) is 17.7 Å². The third-order valence-electron chi connectivity index (χ3n) is 2.91. The van der Waals surface area contributed by atoms with Gasteiger partial charge in [0.2, 0.25) is 0 Å². The van der Waals surface area contributed by atoms with Crippen molar-refractivity contribution in [1.82, 2.24) is 0 Å². The summed E-state index contributed by atoms with van der Waals surface area (Å²) in [6.45, 7) is 2.02. The summed E-state index contributed by atoms with van der Waals surface area (Å²) in [7, 11) is 1.67. The Kier molecular flexibility index (Phi) is 2.28. The summed E-state index contributed by atoms with van der Waals surface area (Å²) in [5, 5.41) is 0. The molecule has 2 nitrogen and oxygen atoms in total. The Morgan fingerprint density at radius 3 is 2.79 bits per heavy atom. The molecule has 0 aliphatic heterocycles. The molecule has 1 aromatic carbocycles. The zero-order chi connectivity index (χ0) is 10.1. The predicted octanol–water partition coefficient (Wildman–Crippen LogP) is 2.06. The second kappa shape index (κ2) is 3.45. The first-order valence-electron chi connectivity index (χ1n) is 4.89. The topological polar surface area (TPSA) is 26.3 Å². The summed E-state index contributed by atoms with van der Waals surface area (Å²) in [4.78, 5) is 11.3. The highest BCUT2D eigenvalue weighted by Gasteiger charge is 2.18. The lowest BCUT2D eigenvalue weighted by Crippen LogP contribution is -2.14. The molecule has 0 radical (unpaired) electrons. The fraction of sp³-hybridized carbons (Fsp3) is 0.417. The van der Waals surface area contributed by atoms with E-state index in [2.05, 4.69) is 6.07 Å². The van der Waals surface area contributed by atoms with E-state index in [0.29, 0.717) is 18.6 Å². The van der Waals surface area contributed by atoms with E-state index >= 15 is 0 Å². The fourth-order valence-corrected chi connectivity index (χ4v) is 2.05. The highest BCUT2D eigenvalue weighted by atomic mass is 16.5. The summed E-state index contributed by atoms with van der Waals surface area (Å²) in [6.07, 6.45) is 2.16. The maximum absolute atomic E-state index is 11.3. The first-order chi connectivity index (χ1) is 6.72. The average Bonchev–Trinajstić information content (AvgIpc) is 2.20. The number of carbonyl (C=O) groups excluding carboxylic acids is 1. The van der Waals surface area contributed by atoms with Crippen LogP contribution in [-0.4, -0.2) is 12.9 Å². The lowest BCUT2D eigenvalue weighted by Gasteiger charge is -2.18. The molecular formula is C12H14O2. The van der Waals surface area contributed by atoms with Crippen LogP contribution in [0.3, 0.4) is 0 Å². The number of hydrogen-bond acceptors (Lipinski definition) is 2. The van der Waals surface area contributed by atoms with Crippen LogP contribution in [0.15, 0.2) is 12.1 Å². The van der Waals surface area contributed by atoms with E-state index in [1.165, 1.54) is 11.1 Å². The van der Waals surface area contributed by atoms with Gasteiger partial charge in [-0.15, -0.1) is 0 Å². The standard InChI is InChI=1S/C12H14O2/c1-8-11-7-10(13)5-3-9(11)4-6-12(8)14-2/h4,6H,3,5,7H2,1-2H3. The predicted molar refractivity (Wildman–Crippen MR) is 54.8 cm³/mol. The fourth-order valence-electron chi connectivity index (χ4n) is 2.05. The highest BCUT2D eigenvalue weighted by Crippen LogP contribution is 2.28. The molecule has 1 aliphatic carbocycles. The summed E-state index contributed by atoms with van der Waals surface area (Å²) >= 11 is 0. The van der Waals surface area contributed by atoms with Crippen LogP contribution in [0, 0.1) is 6.92 Å². The van der Waals surface area contributed by atoms with E-state index in [1.807, 2.05) is 13.0 Å². The monoisotopic (exact) mass is 190 g/mol. The van der Waals surface area contributed by atoms with Crippen molar-refractivity contribution in [1.29, 1.82) is 0 Å². The smallest absolute Gasteiger partial charge is 0.137 e. The first kappa shape index (κ1) is 9.25. The van der Waals surface area contributed by atoms with Crippen LogP contribution in [0.5, 0.6) is 5.75 Å². The Balaban J connectivity index is 2.50. The van der Waals surface area contributed by atoms with Gasteiger partial charge in [0.05, 0.1) is 7.11 Å². The third-order valence-corrected chi connectivity index (χ3v) is 2.91. The Morgan fingerprint density at radius 2 is 2.07 bits per heavy atom. The molecule has 1 aliphatic rings. The van der Waals surface area contributed by atoms with Gasteiger partial charge < -0.3 is 4.74 Å². The number of ether oxygens (including phenoxy) is 1. The highest BCUT2D eigenvalue weighted by molar-refractivity contribution is 5.83. The first-order valence-corrected chi connectivity index (χ1v) is 4.89. The molecular weight excluding hydrogens is 176 g/mol. The van der Waals surface area contributed by atoms with Crippen LogP contribution >= 0.6 is 0 Å². The van der Waals surface area contributed by atoms with Crippen molar-refractivity contribution in [3.8, 4) is 5.75 Å². The van der Waals surface area contributed by atoms with Gasteiger partial charge in [-0.05, 0) is 36.1 Å². The van der Waals surface area contributed by atoms with Gasteiger partial charge in [-0.2, -0.15) is 0 Å². The average molecular weight is 190 g/mol. The quantitative estimate of drug-likeness (QED) is 0.677. The van der Waals surface area contributed by atoms with Crippen LogP contribution in [0.1, 0.15) is 23.1 Å². The Morgan fingerprint density at radius 1 is 1.29 bits per heavy atom. The largest absolute Gasteiger partial charge is 0.496 e. The van der Waals surface area contributed by atoms with Gasteiger partial charge >= 0.3 is 0 Å². The zero-order valence-electron chi connectivity index (χ0n) is 8.59. The molecule has 0 heterocycles. The molecule has 0 fully saturated rings. The van der Waals surface area contributed by atoms with Gasteiger partial charge in [0, 0.05) is 12.8 Å². The summed E-state index contributed by atoms with van der Waals surface area (Å²) in [5.41, 5.74) is 3.61. The van der Waals surface area contributed by atoms with E-state index in [1.54, 1.807) is 7.11 Å². The minimum atomic E-state index is 0.342. The van der Waals surface area contributed by atoms with Gasteiger partial charge in [-0.1, -0.05) is 6.07 Å². The maximum Gasteiger partial charge on any atom is 0.137 e. The van der Waals surface area contributed by atoms with Crippen molar-refractivity contribution < 1.29 is 9.53 Å². The molecule has 0 saturated carbocycles. The summed E-state index contributed by atoms with van der Waals surface area (Å²) in [6, 6.07) is 4.07. The molecule has 0 saturated heterocycles. The van der Waals surface area contributed by atoms with E-state index < -0.39 is 0 Å². The summed E-state index contributed by atoms with van der Waals surface area (Å²) in [5.74, 6) is 1.23. The van der Waals surface area contributed by atoms with Gasteiger partial charge in [0.15, 0.2) is 0 Å². The number of ketones is 1. The molecule has 0 atom stereocenters. The van der Waals surface area contributed by atoms with Crippen LogP contribution in [-0.2, 0) is 17.6 Å². The summed E-state index contributed by atoms with van der Waals surface area (Å²) < 4.78 is 5.23. The molecule has 14 heavy (non-hydrogen) atoms. The Labute approximate surface area is 83.9 Å². The lowest BCUT2D eigenvalue weighted by atomic mass is 9.87. The van der Waals surface area contributed by atoms with Crippen molar-refractivity contribution in [3.05, 3.63) is 28.8 Å². The SMILES string of the molecule is COc1ccc2c(c1C)CC(=O)CC2. The van der Waals surface area contributed by atoms with Crippen LogP contribution in [0.4, 0.5) is 0 Å². The van der Waals surface area contributed by atoms with Crippen molar-refractivity contribution >= 4 is 5.78 Å². The van der Waals surface area contributed by atoms with Crippen molar-refractivity contribution in [2.24, 2.45) is 0 Å². The van der Waals surface area contributed by atoms with Gasteiger partial charge in [0.25, 0.3) is 0 Å². The van der Waals surface area contributed by atoms with Gasteiger partial charge in [-0.25, -0.2) is 0 Å². The Bertz CT molecular complexity index is 380. The van der Waals surface area contributed by atoms with E-state index in [4.69, 9.17) is 4.74 Å². The molecule has 1 aromatic rings. The number of hydrogen-bond donors (Lipinski definition) is 0. The maximum atomic E-state index is 11.3. The lowest BCUT2D eigenvalue weighted by molar-refractivity contribution is -0.118. The molecule has 0 bridgehead atoms. The number of methoxy groups -OCH3 is 1. The molecule has 0 unspecified atom stereocenters. The molecule has 2 rings (SSSR count). The normalized spacial score (nSPS) is 15.1. The number of benzene rings is 1. The van der Waals surface area contributed by atoms with Crippen LogP contribution in [0.25, 0.3) is 0 Å². The zero-order valence-corrected chi connectivity index (χ0v) is 8.59. The molecule has 0 aromatic heterocycles. The van der Waals surface area contributed by atoms with Crippen molar-refractivity contribution in [2.45, 2.75) is 26.2 Å². The third kappa shape index (κ3) is 1.41. The van der Waals surface area contributed by atoms with Crippen molar-refractivity contribution in [2.75, 3.05) is 7.11 Å². The van der Waals surface area contributed by atoms with Crippen LogP contribution < -0.4 is 4.74 Å². The van der Waals surface area contributed by atoms with Gasteiger partial charge in [-0.3, -0.25) is 4.79 Å². The molecule has 74 valence electrons. The second-order valence-electron chi connectivity index (χ2n) is 3.75. The minimum Gasteiger partial charge on any atom is -0.496 e. The number of fused-ring (bicyclic) bond motifs is 1. The molecule has 0 spiro atoms. The molecule has 0 N–H and O–H groups in total. The van der Waals surface area contributed by atoms with E-state index in [9.17, 15) is 4.79 Å². The number of carbonyl (C=O) groups is 1. The number of aryl methyl sites for hydroxylation is 1. The molecule has 0 amide bonds. The van der Waals surface area contributed by atoms with E-state index in [-0.39, 0.29) is 0 Å². The van der Waals surface area contributed by atoms with Crippen LogP contribution in [0.2, 0.25) is 0 Å². The number of Topliss-reactive ketones (excluding diaryl/α,β-unsaturated/α-hetero) is 1. The van der Waals surface area contributed by atoms with Crippen molar-refractivity contribution in [3.63, 3.8) is 0 Å². The Hall–Kier alpha value is -1.31. The number of rotatable bonds is 1.